The summed E-state index contributed by atoms with van der Waals surface area (Å²) >= 11 is 4.89. The lowest BCUT2D eigenvalue weighted by molar-refractivity contribution is 0.262. The third-order valence-corrected chi connectivity index (χ3v) is 2.67. The van der Waals surface area contributed by atoms with E-state index in [2.05, 4.69) is 10.6 Å². The van der Waals surface area contributed by atoms with Crippen molar-refractivity contribution in [3.05, 3.63) is 60.2 Å². The summed E-state index contributed by atoms with van der Waals surface area (Å²) in [5, 5.41) is 5.45. The summed E-state index contributed by atoms with van der Waals surface area (Å²) in [7, 11) is 0. The van der Waals surface area contributed by atoms with Gasteiger partial charge in [0.1, 0.15) is 4.99 Å². The molecule has 0 heterocycles. The molecular weight excluding hydrogens is 258 g/mol. The van der Waals surface area contributed by atoms with E-state index in [9.17, 15) is 4.79 Å². The molecule has 2 aromatic rings. The zero-order valence-corrected chi connectivity index (χ0v) is 10.9. The van der Waals surface area contributed by atoms with Crippen LogP contribution in [0.15, 0.2) is 54.6 Å². The van der Waals surface area contributed by atoms with E-state index >= 15 is 0 Å². The molecule has 2 rings (SSSR count). The van der Waals surface area contributed by atoms with Gasteiger partial charge in [0, 0.05) is 16.9 Å². The highest BCUT2D eigenvalue weighted by molar-refractivity contribution is 7.80. The quantitative estimate of drug-likeness (QED) is 0.752. The van der Waals surface area contributed by atoms with Crippen molar-refractivity contribution < 1.29 is 4.79 Å². The molecule has 4 N–H and O–H groups in total. The van der Waals surface area contributed by atoms with Crippen molar-refractivity contribution in [2.24, 2.45) is 5.73 Å². The maximum Gasteiger partial charge on any atom is 0.323 e. The third kappa shape index (κ3) is 3.79. The summed E-state index contributed by atoms with van der Waals surface area (Å²) in [6, 6.07) is 16.0. The molecule has 0 spiro atoms. The van der Waals surface area contributed by atoms with Crippen molar-refractivity contribution in [1.29, 1.82) is 0 Å². The number of hydrogen-bond donors (Lipinski definition) is 3. The first-order chi connectivity index (χ1) is 9.15. The molecule has 19 heavy (non-hydrogen) atoms. The van der Waals surface area contributed by atoms with Gasteiger partial charge < -0.3 is 16.4 Å². The molecule has 0 saturated carbocycles. The van der Waals surface area contributed by atoms with Gasteiger partial charge in [0.15, 0.2) is 0 Å². The number of nitrogens with one attached hydrogen (secondary N) is 2. The minimum Gasteiger partial charge on any atom is -0.389 e. The van der Waals surface area contributed by atoms with Crippen molar-refractivity contribution in [2.75, 3.05) is 10.6 Å². The molecule has 0 radical (unpaired) electrons. The fourth-order valence-corrected chi connectivity index (χ4v) is 1.69. The summed E-state index contributed by atoms with van der Waals surface area (Å²) in [5.74, 6) is 0. The minimum atomic E-state index is -0.314. The number of urea groups is 1. The monoisotopic (exact) mass is 271 g/mol. The van der Waals surface area contributed by atoms with Gasteiger partial charge in [0.25, 0.3) is 0 Å². The summed E-state index contributed by atoms with van der Waals surface area (Å²) in [6.07, 6.45) is 0. The van der Waals surface area contributed by atoms with Gasteiger partial charge in [-0.05, 0) is 24.3 Å². The van der Waals surface area contributed by atoms with E-state index < -0.39 is 0 Å². The Labute approximate surface area is 116 Å². The number of carbonyl (C=O) groups excluding carboxylic acids is 1. The molecule has 0 unspecified atom stereocenters. The van der Waals surface area contributed by atoms with Gasteiger partial charge in [-0.1, -0.05) is 42.5 Å². The zero-order valence-electron chi connectivity index (χ0n) is 10.1. The Morgan fingerprint density at radius 1 is 0.947 bits per heavy atom. The summed E-state index contributed by atoms with van der Waals surface area (Å²) in [5.41, 5.74) is 7.62. The molecule has 0 fully saturated rings. The molecular formula is C14H13N3OS. The second kappa shape index (κ2) is 5.97. The second-order valence-corrected chi connectivity index (χ2v) is 4.33. The number of benzene rings is 2. The molecule has 4 nitrogen and oxygen atoms in total. The van der Waals surface area contributed by atoms with Crippen LogP contribution in [0.25, 0.3) is 0 Å². The smallest absolute Gasteiger partial charge is 0.323 e. The van der Waals surface area contributed by atoms with Crippen LogP contribution in [0.4, 0.5) is 16.2 Å². The van der Waals surface area contributed by atoms with E-state index in [0.29, 0.717) is 16.2 Å². The Morgan fingerprint density at radius 3 is 2.26 bits per heavy atom. The number of rotatable bonds is 3. The summed E-state index contributed by atoms with van der Waals surface area (Å²) in [6.45, 7) is 0. The van der Waals surface area contributed by atoms with Crippen molar-refractivity contribution in [3.8, 4) is 0 Å². The van der Waals surface area contributed by atoms with E-state index in [1.165, 1.54) is 0 Å². The normalized spacial score (nSPS) is 9.68. The number of nitrogens with two attached hydrogens (primary N) is 1. The zero-order chi connectivity index (χ0) is 13.7. The highest BCUT2D eigenvalue weighted by Crippen LogP contribution is 2.12. The lowest BCUT2D eigenvalue weighted by atomic mass is 10.2. The Balaban J connectivity index is 2.03. The molecule has 2 aromatic carbocycles. The first kappa shape index (κ1) is 13.0. The predicted molar refractivity (Wildman–Crippen MR) is 81.4 cm³/mol. The van der Waals surface area contributed by atoms with Crippen LogP contribution in [-0.2, 0) is 0 Å². The topological polar surface area (TPSA) is 67.1 Å². The van der Waals surface area contributed by atoms with Crippen molar-refractivity contribution in [2.45, 2.75) is 0 Å². The van der Waals surface area contributed by atoms with E-state index in [4.69, 9.17) is 18.0 Å². The third-order valence-electron chi connectivity index (χ3n) is 2.44. The number of amides is 2. The summed E-state index contributed by atoms with van der Waals surface area (Å²) < 4.78 is 0. The van der Waals surface area contributed by atoms with Gasteiger partial charge in [-0.25, -0.2) is 4.79 Å². The lowest BCUT2D eigenvalue weighted by Crippen LogP contribution is -2.19. The maximum absolute atomic E-state index is 11.8. The highest BCUT2D eigenvalue weighted by Gasteiger charge is 2.03. The van der Waals surface area contributed by atoms with E-state index in [1.807, 2.05) is 30.3 Å². The molecule has 0 aliphatic carbocycles. The first-order valence-corrected chi connectivity index (χ1v) is 6.09. The number of anilines is 2. The maximum atomic E-state index is 11.8. The Hall–Kier alpha value is -2.40. The molecule has 5 heteroatoms. The van der Waals surface area contributed by atoms with Crippen molar-refractivity contribution in [1.82, 2.24) is 0 Å². The molecule has 2 amide bonds. The SMILES string of the molecule is NC(=S)c1cccc(NC(=O)Nc2ccccc2)c1. The van der Waals surface area contributed by atoms with Crippen LogP contribution in [0.2, 0.25) is 0 Å². The highest BCUT2D eigenvalue weighted by atomic mass is 32.1. The Kier molecular flexibility index (Phi) is 4.10. The largest absolute Gasteiger partial charge is 0.389 e. The van der Waals surface area contributed by atoms with Gasteiger partial charge >= 0.3 is 6.03 Å². The minimum absolute atomic E-state index is 0.298. The second-order valence-electron chi connectivity index (χ2n) is 3.89. The van der Waals surface area contributed by atoms with Crippen LogP contribution in [0, 0.1) is 0 Å². The van der Waals surface area contributed by atoms with Crippen molar-refractivity contribution >= 4 is 34.6 Å². The van der Waals surface area contributed by atoms with Gasteiger partial charge in [0.05, 0.1) is 0 Å². The Morgan fingerprint density at radius 2 is 1.58 bits per heavy atom. The van der Waals surface area contributed by atoms with Gasteiger partial charge in [-0.3, -0.25) is 0 Å². The standard InChI is InChI=1S/C14H13N3OS/c15-13(19)10-5-4-8-12(9-10)17-14(18)16-11-6-2-1-3-7-11/h1-9H,(H2,15,19)(H2,16,17,18). The van der Waals surface area contributed by atoms with E-state index in [-0.39, 0.29) is 6.03 Å². The number of carbonyl (C=O) groups is 1. The van der Waals surface area contributed by atoms with Crippen molar-refractivity contribution in [3.63, 3.8) is 0 Å². The molecule has 0 bridgehead atoms. The van der Waals surface area contributed by atoms with Crippen LogP contribution in [0.5, 0.6) is 0 Å². The first-order valence-electron chi connectivity index (χ1n) is 5.68. The van der Waals surface area contributed by atoms with Gasteiger partial charge in [0.2, 0.25) is 0 Å². The molecule has 0 aliphatic heterocycles. The average Bonchev–Trinajstić information content (AvgIpc) is 2.40. The fraction of sp³-hybridized carbons (Fsp3) is 0. The predicted octanol–water partition coefficient (Wildman–Crippen LogP) is 2.96. The molecule has 0 atom stereocenters. The van der Waals surface area contributed by atoms with Crippen LogP contribution in [-0.4, -0.2) is 11.0 Å². The average molecular weight is 271 g/mol. The van der Waals surface area contributed by atoms with E-state index in [1.54, 1.807) is 24.3 Å². The summed E-state index contributed by atoms with van der Waals surface area (Å²) in [4.78, 5) is 12.1. The lowest BCUT2D eigenvalue weighted by Gasteiger charge is -2.08. The number of para-hydroxylation sites is 1. The Bertz CT molecular complexity index is 599. The van der Waals surface area contributed by atoms with Crippen LogP contribution in [0.1, 0.15) is 5.56 Å². The molecule has 0 aromatic heterocycles. The number of hydrogen-bond acceptors (Lipinski definition) is 2. The fourth-order valence-electron chi connectivity index (χ4n) is 1.57. The van der Waals surface area contributed by atoms with Crippen LogP contribution >= 0.6 is 12.2 Å². The van der Waals surface area contributed by atoms with Crippen LogP contribution < -0.4 is 16.4 Å². The molecule has 0 saturated heterocycles. The van der Waals surface area contributed by atoms with Crippen LogP contribution in [0.3, 0.4) is 0 Å². The molecule has 96 valence electrons. The number of thiocarbonyl (C=S) groups is 1. The van der Waals surface area contributed by atoms with Gasteiger partial charge in [-0.15, -0.1) is 0 Å². The molecule has 0 aliphatic rings. The van der Waals surface area contributed by atoms with Gasteiger partial charge in [-0.2, -0.15) is 0 Å². The van der Waals surface area contributed by atoms with E-state index in [0.717, 1.165) is 5.69 Å².